The molecule has 0 aromatic rings. The molecule has 4 heteroatoms. The van der Waals surface area contributed by atoms with Gasteiger partial charge in [0.15, 0.2) is 0 Å². The van der Waals surface area contributed by atoms with Gasteiger partial charge in [0.25, 0.3) is 0 Å². The summed E-state index contributed by atoms with van der Waals surface area (Å²) in [7, 11) is 0. The average molecular weight is 310 g/mol. The van der Waals surface area contributed by atoms with Crippen LogP contribution in [0.3, 0.4) is 0 Å². The Balaban J connectivity index is 1.92. The molecular weight excluding hydrogens is 276 g/mol. The van der Waals surface area contributed by atoms with Crippen molar-refractivity contribution >= 4 is 6.09 Å². The molecule has 0 atom stereocenters. The van der Waals surface area contributed by atoms with Gasteiger partial charge in [-0.25, -0.2) is 4.79 Å². The van der Waals surface area contributed by atoms with Crippen molar-refractivity contribution in [3.8, 4) is 0 Å². The highest BCUT2D eigenvalue weighted by atomic mass is 16.6. The normalized spacial score (nSPS) is 23.1. The van der Waals surface area contributed by atoms with E-state index in [1.807, 2.05) is 25.7 Å². The van der Waals surface area contributed by atoms with Gasteiger partial charge in [0, 0.05) is 31.7 Å². The van der Waals surface area contributed by atoms with Crippen LogP contribution < -0.4 is 0 Å². The van der Waals surface area contributed by atoms with Gasteiger partial charge in [0.05, 0.1) is 0 Å². The number of nitrogens with zero attached hydrogens (tertiary/aromatic N) is 2. The van der Waals surface area contributed by atoms with Crippen LogP contribution in [0.4, 0.5) is 4.79 Å². The van der Waals surface area contributed by atoms with Gasteiger partial charge in [-0.05, 0) is 46.0 Å². The van der Waals surface area contributed by atoms with Crippen molar-refractivity contribution in [2.45, 2.75) is 77.9 Å². The third kappa shape index (κ3) is 4.37. The summed E-state index contributed by atoms with van der Waals surface area (Å²) in [5.74, 6) is 0.738. The summed E-state index contributed by atoms with van der Waals surface area (Å²) in [4.78, 5) is 16.7. The molecule has 0 aromatic heterocycles. The molecule has 0 bridgehead atoms. The van der Waals surface area contributed by atoms with E-state index in [0.29, 0.717) is 5.54 Å². The molecule has 2 aliphatic rings. The van der Waals surface area contributed by atoms with Crippen LogP contribution in [0.5, 0.6) is 0 Å². The molecule has 128 valence electrons. The van der Waals surface area contributed by atoms with Crippen LogP contribution in [-0.4, -0.2) is 53.2 Å². The molecule has 1 aliphatic heterocycles. The first-order valence-electron chi connectivity index (χ1n) is 8.95. The van der Waals surface area contributed by atoms with E-state index in [0.717, 1.165) is 32.1 Å². The number of carbonyl (C=O) groups excluding carboxylic acids is 1. The van der Waals surface area contributed by atoms with Crippen molar-refractivity contribution < 1.29 is 9.53 Å². The first-order chi connectivity index (χ1) is 10.2. The number of rotatable bonds is 3. The van der Waals surface area contributed by atoms with E-state index in [1.165, 1.54) is 32.1 Å². The highest BCUT2D eigenvalue weighted by Crippen LogP contribution is 2.40. The van der Waals surface area contributed by atoms with E-state index in [-0.39, 0.29) is 6.09 Å². The third-order valence-corrected chi connectivity index (χ3v) is 4.92. The van der Waals surface area contributed by atoms with Crippen LogP contribution in [0.15, 0.2) is 0 Å². The molecule has 1 saturated carbocycles. The second-order valence-corrected chi connectivity index (χ2v) is 8.48. The first-order valence-corrected chi connectivity index (χ1v) is 8.95. The van der Waals surface area contributed by atoms with Crippen molar-refractivity contribution in [2.75, 3.05) is 26.2 Å². The zero-order valence-electron chi connectivity index (χ0n) is 15.2. The lowest BCUT2D eigenvalue weighted by Crippen LogP contribution is -2.57. The largest absolute Gasteiger partial charge is 0.444 e. The summed E-state index contributed by atoms with van der Waals surface area (Å²) in [6.45, 7) is 14.0. The van der Waals surface area contributed by atoms with Crippen molar-refractivity contribution in [2.24, 2.45) is 5.92 Å². The van der Waals surface area contributed by atoms with Gasteiger partial charge in [-0.3, -0.25) is 4.90 Å². The predicted molar refractivity (Wildman–Crippen MR) is 90.0 cm³/mol. The summed E-state index contributed by atoms with van der Waals surface area (Å²) in [5.41, 5.74) is -0.00722. The standard InChI is InChI=1S/C18H34N2O2/c1-15(2)14-18(8-6-7-9-18)20-12-10-19(11-13-20)16(21)22-17(3,4)5/h15H,6-14H2,1-5H3. The van der Waals surface area contributed by atoms with E-state index in [1.54, 1.807) is 0 Å². The number of hydrogen-bond acceptors (Lipinski definition) is 3. The average Bonchev–Trinajstić information content (AvgIpc) is 2.86. The lowest BCUT2D eigenvalue weighted by Gasteiger charge is -2.47. The highest BCUT2D eigenvalue weighted by molar-refractivity contribution is 5.68. The quantitative estimate of drug-likeness (QED) is 0.792. The van der Waals surface area contributed by atoms with E-state index in [4.69, 9.17) is 4.74 Å². The molecular formula is C18H34N2O2. The maximum Gasteiger partial charge on any atom is 0.410 e. The molecule has 0 spiro atoms. The third-order valence-electron chi connectivity index (χ3n) is 4.92. The Labute approximate surface area is 136 Å². The second-order valence-electron chi connectivity index (χ2n) is 8.48. The van der Waals surface area contributed by atoms with Gasteiger partial charge in [-0.1, -0.05) is 26.7 Å². The summed E-state index contributed by atoms with van der Waals surface area (Å²) >= 11 is 0. The topological polar surface area (TPSA) is 32.8 Å². The Kier molecular flexibility index (Phi) is 5.41. The molecule has 2 rings (SSSR count). The Morgan fingerprint density at radius 2 is 1.64 bits per heavy atom. The van der Waals surface area contributed by atoms with Crippen molar-refractivity contribution in [3.63, 3.8) is 0 Å². The summed E-state index contributed by atoms with van der Waals surface area (Å²) in [6, 6.07) is 0. The van der Waals surface area contributed by atoms with Gasteiger partial charge >= 0.3 is 6.09 Å². The molecule has 0 radical (unpaired) electrons. The summed E-state index contributed by atoms with van der Waals surface area (Å²) < 4.78 is 5.50. The number of carbonyl (C=O) groups is 1. The SMILES string of the molecule is CC(C)CC1(N2CCN(C(=O)OC(C)(C)C)CC2)CCCC1. The highest BCUT2D eigenvalue weighted by Gasteiger charge is 2.41. The Hall–Kier alpha value is -0.770. The molecule has 4 nitrogen and oxygen atoms in total. The zero-order valence-corrected chi connectivity index (χ0v) is 15.2. The second kappa shape index (κ2) is 6.77. The van der Waals surface area contributed by atoms with E-state index in [2.05, 4.69) is 18.7 Å². The molecule has 1 saturated heterocycles. The number of ether oxygens (including phenoxy) is 1. The van der Waals surface area contributed by atoms with E-state index >= 15 is 0 Å². The summed E-state index contributed by atoms with van der Waals surface area (Å²) in [6.07, 6.45) is 6.52. The van der Waals surface area contributed by atoms with Crippen molar-refractivity contribution in [3.05, 3.63) is 0 Å². The fourth-order valence-electron chi connectivity index (χ4n) is 4.13. The van der Waals surface area contributed by atoms with E-state index in [9.17, 15) is 4.79 Å². The van der Waals surface area contributed by atoms with Crippen LogP contribution in [-0.2, 0) is 4.74 Å². The Bertz CT molecular complexity index is 373. The van der Waals surface area contributed by atoms with Gasteiger partial charge in [-0.2, -0.15) is 0 Å². The van der Waals surface area contributed by atoms with Crippen LogP contribution >= 0.6 is 0 Å². The summed E-state index contributed by atoms with van der Waals surface area (Å²) in [5, 5.41) is 0. The number of amides is 1. The van der Waals surface area contributed by atoms with Gasteiger partial charge in [0.2, 0.25) is 0 Å². The molecule has 0 unspecified atom stereocenters. The fourth-order valence-corrected chi connectivity index (χ4v) is 4.13. The van der Waals surface area contributed by atoms with Gasteiger partial charge in [0.1, 0.15) is 5.60 Å². The van der Waals surface area contributed by atoms with Crippen LogP contribution in [0, 0.1) is 5.92 Å². The van der Waals surface area contributed by atoms with E-state index < -0.39 is 5.60 Å². The molecule has 0 N–H and O–H groups in total. The fraction of sp³-hybridized carbons (Fsp3) is 0.944. The number of piperazine rings is 1. The molecule has 1 heterocycles. The minimum atomic E-state index is -0.404. The zero-order chi connectivity index (χ0) is 16.4. The lowest BCUT2D eigenvalue weighted by molar-refractivity contribution is -0.00748. The maximum absolute atomic E-state index is 12.2. The predicted octanol–water partition coefficient (Wildman–Crippen LogP) is 3.90. The Morgan fingerprint density at radius 1 is 1.09 bits per heavy atom. The minimum absolute atomic E-state index is 0.156. The minimum Gasteiger partial charge on any atom is -0.444 e. The number of hydrogen-bond donors (Lipinski definition) is 0. The van der Waals surface area contributed by atoms with Crippen molar-refractivity contribution in [1.82, 2.24) is 9.80 Å². The van der Waals surface area contributed by atoms with Crippen LogP contribution in [0.2, 0.25) is 0 Å². The molecule has 1 amide bonds. The van der Waals surface area contributed by atoms with Crippen LogP contribution in [0.1, 0.15) is 66.7 Å². The smallest absolute Gasteiger partial charge is 0.410 e. The lowest BCUT2D eigenvalue weighted by atomic mass is 9.85. The monoisotopic (exact) mass is 310 g/mol. The Morgan fingerprint density at radius 3 is 2.09 bits per heavy atom. The van der Waals surface area contributed by atoms with Crippen LogP contribution in [0.25, 0.3) is 0 Å². The molecule has 2 fully saturated rings. The molecule has 22 heavy (non-hydrogen) atoms. The molecule has 0 aromatic carbocycles. The first kappa shape index (κ1) is 17.6. The van der Waals surface area contributed by atoms with Gasteiger partial charge in [-0.15, -0.1) is 0 Å². The van der Waals surface area contributed by atoms with Crippen molar-refractivity contribution in [1.29, 1.82) is 0 Å². The molecule has 1 aliphatic carbocycles. The maximum atomic E-state index is 12.2. The van der Waals surface area contributed by atoms with Gasteiger partial charge < -0.3 is 9.64 Å².